The lowest BCUT2D eigenvalue weighted by Gasteiger charge is -2.20. The van der Waals surface area contributed by atoms with E-state index in [1.807, 2.05) is 10.6 Å². The molecule has 0 fully saturated rings. The first-order valence-corrected chi connectivity index (χ1v) is 11.5. The Balaban J connectivity index is 1.67. The van der Waals surface area contributed by atoms with Crippen molar-refractivity contribution in [2.75, 3.05) is 6.86 Å². The number of hydrogen-bond donors (Lipinski definition) is 2. The zero-order valence-electron chi connectivity index (χ0n) is 18.5. The Labute approximate surface area is 202 Å². The van der Waals surface area contributed by atoms with Crippen LogP contribution in [0.25, 0.3) is 22.2 Å². The number of halogens is 3. The molecule has 0 radical (unpaired) electrons. The van der Waals surface area contributed by atoms with E-state index in [0.717, 1.165) is 10.0 Å². The van der Waals surface area contributed by atoms with Crippen molar-refractivity contribution in [3.8, 4) is 16.9 Å². The van der Waals surface area contributed by atoms with Gasteiger partial charge in [0.05, 0.1) is 23.1 Å². The SMILES string of the molecule is CC(C)(O)c1ncc(-c2cc3c(cc2F)nc2n3[C@@H](c3c(Br)cccc3OCF)C[C@H]2N)cn1. The van der Waals surface area contributed by atoms with Crippen LogP contribution in [-0.2, 0) is 5.60 Å². The molecular formula is C24H22BrF2N5O2. The molecule has 2 aromatic carbocycles. The molecule has 34 heavy (non-hydrogen) atoms. The van der Waals surface area contributed by atoms with E-state index in [4.69, 9.17) is 10.5 Å². The highest BCUT2D eigenvalue weighted by atomic mass is 79.9. The maximum Gasteiger partial charge on any atom is 0.228 e. The van der Waals surface area contributed by atoms with E-state index in [9.17, 15) is 9.50 Å². The number of hydrogen-bond acceptors (Lipinski definition) is 6. The molecule has 1 aliphatic heterocycles. The minimum absolute atomic E-state index is 0.239. The first-order valence-electron chi connectivity index (χ1n) is 10.7. The van der Waals surface area contributed by atoms with Crippen molar-refractivity contribution in [1.82, 2.24) is 19.5 Å². The van der Waals surface area contributed by atoms with Crippen LogP contribution in [-0.4, -0.2) is 31.5 Å². The normalized spacial score (nSPS) is 17.9. The van der Waals surface area contributed by atoms with Gasteiger partial charge in [0.1, 0.15) is 23.0 Å². The molecular weight excluding hydrogens is 508 g/mol. The van der Waals surface area contributed by atoms with E-state index in [1.54, 1.807) is 32.0 Å². The molecule has 176 valence electrons. The van der Waals surface area contributed by atoms with Crippen LogP contribution in [0.2, 0.25) is 0 Å². The Morgan fingerprint density at radius 2 is 2.00 bits per heavy atom. The summed E-state index contributed by atoms with van der Waals surface area (Å²) in [6, 6.07) is 7.71. The molecule has 2 atom stereocenters. The van der Waals surface area contributed by atoms with Crippen LogP contribution in [0.3, 0.4) is 0 Å². The molecule has 3 heterocycles. The highest BCUT2D eigenvalue weighted by Gasteiger charge is 2.36. The summed E-state index contributed by atoms with van der Waals surface area (Å²) in [5.74, 6) is 0.786. The highest BCUT2D eigenvalue weighted by Crippen LogP contribution is 2.46. The lowest BCUT2D eigenvalue weighted by molar-refractivity contribution is 0.0687. The molecule has 1 aliphatic rings. The minimum atomic E-state index is -1.21. The summed E-state index contributed by atoms with van der Waals surface area (Å²) in [5.41, 5.74) is 7.84. The van der Waals surface area contributed by atoms with Gasteiger partial charge in [0, 0.05) is 39.6 Å². The van der Waals surface area contributed by atoms with Crippen LogP contribution in [0.1, 0.15) is 49.6 Å². The average molecular weight is 530 g/mol. The zero-order chi connectivity index (χ0) is 24.2. The second kappa shape index (κ2) is 8.37. The Morgan fingerprint density at radius 3 is 2.68 bits per heavy atom. The third-order valence-electron chi connectivity index (χ3n) is 5.99. The fraction of sp³-hybridized carbons (Fsp3) is 0.292. The maximum absolute atomic E-state index is 15.1. The summed E-state index contributed by atoms with van der Waals surface area (Å²) in [6.07, 6.45) is 3.49. The van der Waals surface area contributed by atoms with Gasteiger partial charge in [0.25, 0.3) is 0 Å². The molecule has 2 aromatic heterocycles. The van der Waals surface area contributed by atoms with Crippen molar-refractivity contribution >= 4 is 27.0 Å². The molecule has 0 spiro atoms. The molecule has 0 bridgehead atoms. The third kappa shape index (κ3) is 3.75. The Hall–Kier alpha value is -2.95. The van der Waals surface area contributed by atoms with Crippen molar-refractivity contribution in [2.45, 2.75) is 38.0 Å². The number of nitrogens with zero attached hydrogens (tertiary/aromatic N) is 4. The van der Waals surface area contributed by atoms with Gasteiger partial charge in [-0.15, -0.1) is 0 Å². The summed E-state index contributed by atoms with van der Waals surface area (Å²) in [5, 5.41) is 10.1. The van der Waals surface area contributed by atoms with Gasteiger partial charge in [-0.3, -0.25) is 0 Å². The van der Waals surface area contributed by atoms with E-state index >= 15 is 4.39 Å². The van der Waals surface area contributed by atoms with Crippen LogP contribution >= 0.6 is 15.9 Å². The first kappa shape index (κ1) is 22.8. The fourth-order valence-electron chi connectivity index (χ4n) is 4.45. The molecule has 7 nitrogen and oxygen atoms in total. The second-order valence-electron chi connectivity index (χ2n) is 8.78. The van der Waals surface area contributed by atoms with Gasteiger partial charge >= 0.3 is 0 Å². The molecule has 4 aromatic rings. The molecule has 0 unspecified atom stereocenters. The largest absolute Gasteiger partial charge is 0.463 e. The fourth-order valence-corrected chi connectivity index (χ4v) is 5.06. The number of imidazole rings is 1. The molecule has 3 N–H and O–H groups in total. The molecule has 5 rings (SSSR count). The predicted molar refractivity (Wildman–Crippen MR) is 126 cm³/mol. The monoisotopic (exact) mass is 529 g/mol. The molecule has 0 saturated carbocycles. The number of nitrogens with two attached hydrogens (primary N) is 1. The van der Waals surface area contributed by atoms with E-state index in [0.29, 0.717) is 40.2 Å². The standard InChI is InChI=1S/C24H22BrF2N5O2/c1-24(2,33)23-29-9-12(10-30-23)13-6-18-17(7-15(13)27)31-22-16(28)8-19(32(18)22)21-14(25)4-3-5-20(21)34-11-26/h3-7,9-10,16,19,33H,8,11,28H2,1-2H3/t16-,19-/m1/s1. The number of aromatic nitrogens is 4. The van der Waals surface area contributed by atoms with Gasteiger partial charge < -0.3 is 20.1 Å². The zero-order valence-corrected chi connectivity index (χ0v) is 20.1. The third-order valence-corrected chi connectivity index (χ3v) is 6.68. The maximum atomic E-state index is 15.1. The number of benzene rings is 2. The summed E-state index contributed by atoms with van der Waals surface area (Å²) in [7, 11) is 0. The highest BCUT2D eigenvalue weighted by molar-refractivity contribution is 9.10. The molecule has 0 saturated heterocycles. The lowest BCUT2D eigenvalue weighted by Crippen LogP contribution is -2.19. The average Bonchev–Trinajstić information content (AvgIpc) is 3.30. The molecule has 0 aliphatic carbocycles. The van der Waals surface area contributed by atoms with Gasteiger partial charge in [-0.1, -0.05) is 22.0 Å². The van der Waals surface area contributed by atoms with Crippen LogP contribution in [0.5, 0.6) is 5.75 Å². The van der Waals surface area contributed by atoms with Crippen molar-refractivity contribution < 1.29 is 18.6 Å². The number of rotatable bonds is 5. The quantitative estimate of drug-likeness (QED) is 0.380. The van der Waals surface area contributed by atoms with Crippen LogP contribution < -0.4 is 10.5 Å². The van der Waals surface area contributed by atoms with E-state index in [2.05, 4.69) is 30.9 Å². The van der Waals surface area contributed by atoms with Crippen molar-refractivity contribution in [3.05, 3.63) is 70.2 Å². The van der Waals surface area contributed by atoms with E-state index in [1.165, 1.54) is 18.5 Å². The van der Waals surface area contributed by atoms with Crippen LogP contribution in [0, 0.1) is 5.82 Å². The topological polar surface area (TPSA) is 99.1 Å². The van der Waals surface area contributed by atoms with Crippen LogP contribution in [0.15, 0.2) is 47.2 Å². The van der Waals surface area contributed by atoms with Gasteiger partial charge in [0.2, 0.25) is 6.86 Å². The number of alkyl halides is 1. The lowest BCUT2D eigenvalue weighted by atomic mass is 10.0. The summed E-state index contributed by atoms with van der Waals surface area (Å²) in [4.78, 5) is 13.0. The van der Waals surface area contributed by atoms with Crippen molar-refractivity contribution in [2.24, 2.45) is 5.73 Å². The Bertz CT molecular complexity index is 1390. The summed E-state index contributed by atoms with van der Waals surface area (Å²) < 4.78 is 36.1. The van der Waals surface area contributed by atoms with E-state index < -0.39 is 18.3 Å². The second-order valence-corrected chi connectivity index (χ2v) is 9.63. The number of fused-ring (bicyclic) bond motifs is 3. The number of ether oxygens (including phenoxy) is 1. The van der Waals surface area contributed by atoms with Gasteiger partial charge in [-0.25, -0.2) is 23.7 Å². The van der Waals surface area contributed by atoms with Crippen molar-refractivity contribution in [1.29, 1.82) is 0 Å². The Morgan fingerprint density at radius 1 is 1.26 bits per heavy atom. The minimum Gasteiger partial charge on any atom is -0.463 e. The predicted octanol–water partition coefficient (Wildman–Crippen LogP) is 4.92. The first-order chi connectivity index (χ1) is 16.2. The van der Waals surface area contributed by atoms with Crippen molar-refractivity contribution in [3.63, 3.8) is 0 Å². The summed E-state index contributed by atoms with van der Waals surface area (Å²) >= 11 is 3.56. The number of aliphatic hydroxyl groups is 1. The molecule has 10 heteroatoms. The van der Waals surface area contributed by atoms with Gasteiger partial charge in [-0.2, -0.15) is 0 Å². The van der Waals surface area contributed by atoms with E-state index in [-0.39, 0.29) is 17.9 Å². The van der Waals surface area contributed by atoms with Gasteiger partial charge in [-0.05, 0) is 38.5 Å². The van der Waals surface area contributed by atoms with Crippen LogP contribution in [0.4, 0.5) is 8.78 Å². The molecule has 0 amide bonds. The van der Waals surface area contributed by atoms with Gasteiger partial charge in [0.15, 0.2) is 5.82 Å². The summed E-state index contributed by atoms with van der Waals surface area (Å²) in [6.45, 7) is 2.20. The Kier molecular flexibility index (Phi) is 5.62. The smallest absolute Gasteiger partial charge is 0.228 e.